The first-order chi connectivity index (χ1) is 9.88. The predicted octanol–water partition coefficient (Wildman–Crippen LogP) is 4.25. The van der Waals surface area contributed by atoms with Crippen molar-refractivity contribution in [2.24, 2.45) is 0 Å². The average molecular weight is 284 g/mol. The summed E-state index contributed by atoms with van der Waals surface area (Å²) in [4.78, 5) is 5.44. The lowest BCUT2D eigenvalue weighted by Crippen LogP contribution is -2.32. The van der Waals surface area contributed by atoms with Crippen molar-refractivity contribution in [3.8, 4) is 11.5 Å². The van der Waals surface area contributed by atoms with Gasteiger partial charge in [0, 0.05) is 23.7 Å². The molecular weight excluding hydrogens is 268 g/mol. The summed E-state index contributed by atoms with van der Waals surface area (Å²) in [6.45, 7) is 1.04. The normalized spacial score (nSPS) is 18.6. The monoisotopic (exact) mass is 284 g/mol. The topological polar surface area (TPSA) is 25.4 Å². The molecule has 0 bridgehead atoms. The highest BCUT2D eigenvalue weighted by molar-refractivity contribution is 7.97. The Balaban J connectivity index is 1.51. The van der Waals surface area contributed by atoms with E-state index in [0.717, 1.165) is 24.1 Å². The summed E-state index contributed by atoms with van der Waals surface area (Å²) in [6, 6.07) is 11.0. The lowest BCUT2D eigenvalue weighted by atomic mass is 9.93. The van der Waals surface area contributed by atoms with Crippen molar-refractivity contribution in [1.29, 1.82) is 0 Å². The zero-order valence-electron chi connectivity index (χ0n) is 11.2. The summed E-state index contributed by atoms with van der Waals surface area (Å²) in [5.74, 6) is 1.68. The zero-order valence-corrected chi connectivity index (χ0v) is 12.0. The van der Waals surface area contributed by atoms with Crippen LogP contribution in [0.25, 0.3) is 0 Å². The first kappa shape index (κ1) is 12.2. The Bertz CT molecular complexity index is 613. The van der Waals surface area contributed by atoms with Crippen LogP contribution in [0.2, 0.25) is 0 Å². The van der Waals surface area contributed by atoms with Gasteiger partial charge in [0.2, 0.25) is 0 Å². The van der Waals surface area contributed by atoms with E-state index in [-0.39, 0.29) is 0 Å². The predicted molar refractivity (Wildman–Crippen MR) is 79.8 cm³/mol. The summed E-state index contributed by atoms with van der Waals surface area (Å²) in [7, 11) is 0. The summed E-state index contributed by atoms with van der Waals surface area (Å²) in [5, 5.41) is 0. The van der Waals surface area contributed by atoms with E-state index < -0.39 is 0 Å². The molecule has 0 atom stereocenters. The van der Waals surface area contributed by atoms with E-state index in [1.807, 2.05) is 30.1 Å². The maximum Gasteiger partial charge on any atom is 0.145 e. The maximum absolute atomic E-state index is 5.85. The Kier molecular flexibility index (Phi) is 3.13. The third kappa shape index (κ3) is 2.30. The van der Waals surface area contributed by atoms with Gasteiger partial charge in [-0.05, 0) is 60.7 Å². The van der Waals surface area contributed by atoms with Crippen molar-refractivity contribution in [1.82, 2.24) is 9.29 Å². The second-order valence-electron chi connectivity index (χ2n) is 5.31. The first-order valence-corrected chi connectivity index (χ1v) is 7.81. The van der Waals surface area contributed by atoms with Gasteiger partial charge in [0.15, 0.2) is 0 Å². The maximum atomic E-state index is 5.85. The minimum Gasteiger partial charge on any atom is -0.456 e. The standard InChI is InChI=1S/C16H16N2OS/c1-3-13(4-1)18-11-12-9-14(6-7-16(12)20-18)19-15-5-2-8-17-10-15/h2,5-10,13H,1,3-4,11H2. The lowest BCUT2D eigenvalue weighted by Gasteiger charge is -2.33. The molecule has 1 aromatic carbocycles. The molecule has 1 fully saturated rings. The van der Waals surface area contributed by atoms with Crippen molar-refractivity contribution in [2.75, 3.05) is 0 Å². The summed E-state index contributed by atoms with van der Waals surface area (Å²) in [5.41, 5.74) is 1.38. The molecule has 1 aliphatic heterocycles. The number of rotatable bonds is 3. The summed E-state index contributed by atoms with van der Waals surface area (Å²) >= 11 is 1.90. The third-order valence-electron chi connectivity index (χ3n) is 3.93. The molecule has 2 aliphatic rings. The molecule has 0 saturated heterocycles. The average Bonchev–Trinajstić information content (AvgIpc) is 2.80. The van der Waals surface area contributed by atoms with Gasteiger partial charge in [-0.15, -0.1) is 0 Å². The molecule has 1 aliphatic carbocycles. The molecule has 0 spiro atoms. The molecule has 1 aromatic heterocycles. The highest BCUT2D eigenvalue weighted by atomic mass is 32.2. The van der Waals surface area contributed by atoms with Crippen LogP contribution in [0.4, 0.5) is 0 Å². The second-order valence-corrected chi connectivity index (χ2v) is 6.40. The van der Waals surface area contributed by atoms with E-state index in [0.29, 0.717) is 0 Å². The summed E-state index contributed by atoms with van der Waals surface area (Å²) in [6.07, 6.45) is 7.57. The number of hydrogen-bond donors (Lipinski definition) is 0. The van der Waals surface area contributed by atoms with Gasteiger partial charge in [-0.3, -0.25) is 4.98 Å². The molecule has 102 valence electrons. The zero-order chi connectivity index (χ0) is 13.4. The van der Waals surface area contributed by atoms with Gasteiger partial charge >= 0.3 is 0 Å². The van der Waals surface area contributed by atoms with Crippen LogP contribution in [0.5, 0.6) is 11.5 Å². The molecule has 0 amide bonds. The van der Waals surface area contributed by atoms with Crippen LogP contribution < -0.4 is 4.74 Å². The Labute approximate surface area is 123 Å². The van der Waals surface area contributed by atoms with Crippen molar-refractivity contribution >= 4 is 11.9 Å². The van der Waals surface area contributed by atoms with Crippen LogP contribution >= 0.6 is 11.9 Å². The molecule has 4 heteroatoms. The lowest BCUT2D eigenvalue weighted by molar-refractivity contribution is 0.236. The number of aromatic nitrogens is 1. The van der Waals surface area contributed by atoms with Crippen LogP contribution in [0, 0.1) is 0 Å². The number of pyridine rings is 1. The molecular formula is C16H16N2OS. The number of hydrogen-bond acceptors (Lipinski definition) is 4. The van der Waals surface area contributed by atoms with Crippen LogP contribution in [0.15, 0.2) is 47.6 Å². The van der Waals surface area contributed by atoms with Gasteiger partial charge in [-0.2, -0.15) is 0 Å². The molecule has 3 nitrogen and oxygen atoms in total. The van der Waals surface area contributed by atoms with Crippen molar-refractivity contribution in [3.05, 3.63) is 48.3 Å². The highest BCUT2D eigenvalue weighted by Gasteiger charge is 2.30. The number of nitrogens with zero attached hydrogens (tertiary/aromatic N) is 2. The summed E-state index contributed by atoms with van der Waals surface area (Å²) < 4.78 is 8.37. The number of fused-ring (bicyclic) bond motifs is 1. The van der Waals surface area contributed by atoms with E-state index in [1.165, 1.54) is 29.7 Å². The largest absolute Gasteiger partial charge is 0.456 e. The van der Waals surface area contributed by atoms with Crippen molar-refractivity contribution in [3.63, 3.8) is 0 Å². The molecule has 0 radical (unpaired) electrons. The molecule has 20 heavy (non-hydrogen) atoms. The fraction of sp³-hybridized carbons (Fsp3) is 0.312. The minimum absolute atomic E-state index is 0.773. The molecule has 0 N–H and O–H groups in total. The Morgan fingerprint density at radius 1 is 1.20 bits per heavy atom. The van der Waals surface area contributed by atoms with Crippen molar-refractivity contribution in [2.45, 2.75) is 36.7 Å². The molecule has 4 rings (SSSR count). The second kappa shape index (κ2) is 5.11. The Morgan fingerprint density at radius 2 is 2.15 bits per heavy atom. The van der Waals surface area contributed by atoms with Gasteiger partial charge in [0.05, 0.1) is 6.20 Å². The van der Waals surface area contributed by atoms with Crippen LogP contribution in [-0.2, 0) is 6.54 Å². The van der Waals surface area contributed by atoms with E-state index in [9.17, 15) is 0 Å². The number of benzene rings is 1. The first-order valence-electron chi connectivity index (χ1n) is 7.04. The van der Waals surface area contributed by atoms with Crippen LogP contribution in [-0.4, -0.2) is 15.3 Å². The van der Waals surface area contributed by atoms with Gasteiger partial charge in [-0.1, -0.05) is 6.42 Å². The highest BCUT2D eigenvalue weighted by Crippen LogP contribution is 2.43. The van der Waals surface area contributed by atoms with E-state index in [2.05, 4.69) is 21.4 Å². The molecule has 1 saturated carbocycles. The van der Waals surface area contributed by atoms with E-state index in [4.69, 9.17) is 4.74 Å². The Hall–Kier alpha value is -1.52. The van der Waals surface area contributed by atoms with Crippen molar-refractivity contribution < 1.29 is 4.74 Å². The Morgan fingerprint density at radius 3 is 2.90 bits per heavy atom. The van der Waals surface area contributed by atoms with Crippen LogP contribution in [0.3, 0.4) is 0 Å². The van der Waals surface area contributed by atoms with Gasteiger partial charge in [-0.25, -0.2) is 4.31 Å². The SMILES string of the molecule is c1cncc(Oc2ccc3c(c2)CN(C2CCC2)S3)c1. The quantitative estimate of drug-likeness (QED) is 0.787. The molecule has 2 heterocycles. The third-order valence-corrected chi connectivity index (χ3v) is 5.18. The fourth-order valence-electron chi connectivity index (χ4n) is 2.58. The van der Waals surface area contributed by atoms with E-state index in [1.54, 1.807) is 12.4 Å². The fourth-order valence-corrected chi connectivity index (χ4v) is 3.77. The van der Waals surface area contributed by atoms with Crippen LogP contribution in [0.1, 0.15) is 24.8 Å². The molecule has 0 unspecified atom stereocenters. The number of ether oxygens (including phenoxy) is 1. The minimum atomic E-state index is 0.773. The molecule has 2 aromatic rings. The van der Waals surface area contributed by atoms with Gasteiger partial charge < -0.3 is 4.74 Å². The smallest absolute Gasteiger partial charge is 0.145 e. The van der Waals surface area contributed by atoms with E-state index >= 15 is 0 Å². The van der Waals surface area contributed by atoms with Gasteiger partial charge in [0.25, 0.3) is 0 Å². The van der Waals surface area contributed by atoms with Gasteiger partial charge in [0.1, 0.15) is 11.5 Å².